The van der Waals surface area contributed by atoms with Crippen molar-refractivity contribution < 1.29 is 13.9 Å². The Balaban J connectivity index is 1.53. The van der Waals surface area contributed by atoms with Crippen molar-refractivity contribution in [3.8, 4) is 0 Å². The predicted octanol–water partition coefficient (Wildman–Crippen LogP) is 2.66. The number of nitrogens with zero attached hydrogens (tertiary/aromatic N) is 3. The maximum atomic E-state index is 12.7. The lowest BCUT2D eigenvalue weighted by molar-refractivity contribution is -0.121. The van der Waals surface area contributed by atoms with Gasteiger partial charge < -0.3 is 19.4 Å². The van der Waals surface area contributed by atoms with Crippen LogP contribution in [0.2, 0.25) is 0 Å². The molecule has 3 aromatic rings. The summed E-state index contributed by atoms with van der Waals surface area (Å²) in [5.41, 5.74) is 3.01. The van der Waals surface area contributed by atoms with E-state index in [1.54, 1.807) is 0 Å². The van der Waals surface area contributed by atoms with Gasteiger partial charge in [0.25, 0.3) is 0 Å². The van der Waals surface area contributed by atoms with Crippen LogP contribution in [-0.2, 0) is 16.0 Å². The van der Waals surface area contributed by atoms with Gasteiger partial charge in [-0.25, -0.2) is 0 Å². The predicted molar refractivity (Wildman–Crippen MR) is 109 cm³/mol. The summed E-state index contributed by atoms with van der Waals surface area (Å²) in [6, 6.07) is 17.6. The fraction of sp³-hybridized carbons (Fsp3) is 0.318. The van der Waals surface area contributed by atoms with Crippen molar-refractivity contribution >= 4 is 11.9 Å². The number of ether oxygens (including phenoxy) is 1. The molecule has 0 unspecified atom stereocenters. The molecule has 1 N–H and O–H groups in total. The Kier molecular flexibility index (Phi) is 5.86. The van der Waals surface area contributed by atoms with Crippen LogP contribution in [0.25, 0.3) is 0 Å². The molecule has 4 rings (SSSR count). The van der Waals surface area contributed by atoms with Crippen LogP contribution in [0.3, 0.4) is 0 Å². The molecule has 1 saturated heterocycles. The third-order valence-corrected chi connectivity index (χ3v) is 4.88. The second-order valence-electron chi connectivity index (χ2n) is 7.10. The molecule has 1 fully saturated rings. The summed E-state index contributed by atoms with van der Waals surface area (Å²) >= 11 is 0. The quantitative estimate of drug-likeness (QED) is 0.695. The van der Waals surface area contributed by atoms with Crippen molar-refractivity contribution in [2.75, 3.05) is 31.2 Å². The zero-order valence-electron chi connectivity index (χ0n) is 16.4. The van der Waals surface area contributed by atoms with Gasteiger partial charge >= 0.3 is 6.01 Å². The summed E-state index contributed by atoms with van der Waals surface area (Å²) in [4.78, 5) is 14.7. The third-order valence-electron chi connectivity index (χ3n) is 4.88. The minimum absolute atomic E-state index is 0.103. The molecule has 7 heteroatoms. The normalized spacial score (nSPS) is 15.1. The lowest BCUT2D eigenvalue weighted by Gasteiger charge is -2.24. The number of nitrogens with one attached hydrogen (secondary N) is 1. The number of carbonyl (C=O) groups is 1. The number of benzene rings is 2. The van der Waals surface area contributed by atoms with E-state index in [4.69, 9.17) is 9.15 Å². The van der Waals surface area contributed by atoms with Crippen molar-refractivity contribution in [3.05, 3.63) is 77.2 Å². The van der Waals surface area contributed by atoms with E-state index >= 15 is 0 Å². The van der Waals surface area contributed by atoms with Crippen LogP contribution in [0.4, 0.5) is 6.01 Å². The lowest BCUT2D eigenvalue weighted by atomic mass is 10.1. The number of amides is 1. The maximum Gasteiger partial charge on any atom is 0.318 e. The van der Waals surface area contributed by atoms with Crippen LogP contribution in [0.15, 0.2) is 59.0 Å². The second-order valence-corrected chi connectivity index (χ2v) is 7.10. The van der Waals surface area contributed by atoms with E-state index in [0.29, 0.717) is 38.2 Å². The first-order valence-electron chi connectivity index (χ1n) is 9.75. The molecular formula is C22H24N4O3. The van der Waals surface area contributed by atoms with Gasteiger partial charge in [-0.3, -0.25) is 4.79 Å². The Hall–Kier alpha value is -3.19. The molecular weight excluding hydrogens is 368 g/mol. The highest BCUT2D eigenvalue weighted by Gasteiger charge is 2.25. The number of hydrogen-bond acceptors (Lipinski definition) is 6. The molecule has 29 heavy (non-hydrogen) atoms. The van der Waals surface area contributed by atoms with E-state index in [1.807, 2.05) is 66.4 Å². The molecule has 7 nitrogen and oxygen atoms in total. The van der Waals surface area contributed by atoms with Gasteiger partial charge in [0.2, 0.25) is 11.8 Å². The first kappa shape index (κ1) is 19.1. The van der Waals surface area contributed by atoms with Crippen molar-refractivity contribution in [2.45, 2.75) is 19.4 Å². The maximum absolute atomic E-state index is 12.7. The van der Waals surface area contributed by atoms with Crippen LogP contribution in [0.1, 0.15) is 28.6 Å². The van der Waals surface area contributed by atoms with Crippen molar-refractivity contribution in [1.82, 2.24) is 15.5 Å². The van der Waals surface area contributed by atoms with Gasteiger partial charge in [0.1, 0.15) is 6.04 Å². The number of aryl methyl sites for hydroxylation is 1. The summed E-state index contributed by atoms with van der Waals surface area (Å²) < 4.78 is 11.3. The number of aromatic nitrogens is 2. The van der Waals surface area contributed by atoms with Crippen LogP contribution in [0, 0.1) is 6.92 Å². The molecule has 1 aliphatic rings. The molecule has 2 aromatic carbocycles. The summed E-state index contributed by atoms with van der Waals surface area (Å²) in [5.74, 6) is 0.267. The van der Waals surface area contributed by atoms with Gasteiger partial charge in [0.05, 0.1) is 19.6 Å². The Morgan fingerprint density at radius 3 is 2.52 bits per heavy atom. The van der Waals surface area contributed by atoms with Crippen molar-refractivity contribution in [1.29, 1.82) is 0 Å². The molecule has 1 amide bonds. The summed E-state index contributed by atoms with van der Waals surface area (Å²) in [6.07, 6.45) is 0.286. The molecule has 0 saturated carbocycles. The molecule has 0 aliphatic carbocycles. The largest absolute Gasteiger partial charge is 0.405 e. The monoisotopic (exact) mass is 392 g/mol. The Morgan fingerprint density at radius 1 is 1.07 bits per heavy atom. The van der Waals surface area contributed by atoms with Crippen LogP contribution in [-0.4, -0.2) is 42.4 Å². The van der Waals surface area contributed by atoms with E-state index in [-0.39, 0.29) is 12.3 Å². The van der Waals surface area contributed by atoms with E-state index in [9.17, 15) is 4.79 Å². The fourth-order valence-corrected chi connectivity index (χ4v) is 3.26. The fourth-order valence-electron chi connectivity index (χ4n) is 3.26. The van der Waals surface area contributed by atoms with Gasteiger partial charge in [0, 0.05) is 13.1 Å². The van der Waals surface area contributed by atoms with E-state index in [1.165, 1.54) is 0 Å². The minimum atomic E-state index is -0.503. The van der Waals surface area contributed by atoms with Crippen LogP contribution >= 0.6 is 0 Å². The molecule has 2 heterocycles. The van der Waals surface area contributed by atoms with Crippen molar-refractivity contribution in [2.24, 2.45) is 0 Å². The van der Waals surface area contributed by atoms with Crippen molar-refractivity contribution in [3.63, 3.8) is 0 Å². The highest BCUT2D eigenvalue weighted by molar-refractivity contribution is 5.79. The second kappa shape index (κ2) is 8.87. The Morgan fingerprint density at radius 2 is 1.79 bits per heavy atom. The first-order chi connectivity index (χ1) is 14.2. The molecule has 1 aromatic heterocycles. The molecule has 0 bridgehead atoms. The van der Waals surface area contributed by atoms with Gasteiger partial charge in [-0.05, 0) is 18.1 Å². The Labute approximate surface area is 169 Å². The summed E-state index contributed by atoms with van der Waals surface area (Å²) in [5, 5.41) is 11.5. The number of hydrogen-bond donors (Lipinski definition) is 1. The zero-order chi connectivity index (χ0) is 20.1. The smallest absolute Gasteiger partial charge is 0.318 e. The SMILES string of the molecule is Cc1ccc(CC(=O)N[C@@H](c2ccccc2)c2nnc(N3CCOCC3)o2)cc1. The number of rotatable bonds is 6. The molecule has 1 aliphatic heterocycles. The average Bonchev–Trinajstić information content (AvgIpc) is 3.25. The summed E-state index contributed by atoms with van der Waals surface area (Å²) in [7, 11) is 0. The standard InChI is InChI=1S/C22H24N4O3/c1-16-7-9-17(10-8-16)15-19(27)23-20(18-5-3-2-4-6-18)21-24-25-22(29-21)26-11-13-28-14-12-26/h2-10,20H,11-15H2,1H3,(H,23,27)/t20-/m0/s1. The lowest BCUT2D eigenvalue weighted by Crippen LogP contribution is -2.36. The summed E-state index contributed by atoms with van der Waals surface area (Å²) in [6.45, 7) is 4.70. The van der Waals surface area contributed by atoms with Gasteiger partial charge in [-0.2, -0.15) is 0 Å². The molecule has 1 atom stereocenters. The molecule has 0 radical (unpaired) electrons. The molecule has 150 valence electrons. The number of anilines is 1. The zero-order valence-corrected chi connectivity index (χ0v) is 16.4. The van der Waals surface area contributed by atoms with Gasteiger partial charge in [-0.1, -0.05) is 65.3 Å². The van der Waals surface area contributed by atoms with E-state index < -0.39 is 6.04 Å². The molecule has 0 spiro atoms. The van der Waals surface area contributed by atoms with E-state index in [2.05, 4.69) is 15.5 Å². The number of morpholine rings is 1. The highest BCUT2D eigenvalue weighted by Crippen LogP contribution is 2.24. The van der Waals surface area contributed by atoms with Gasteiger partial charge in [0.15, 0.2) is 0 Å². The van der Waals surface area contributed by atoms with Crippen LogP contribution < -0.4 is 10.2 Å². The number of carbonyl (C=O) groups excluding carboxylic acids is 1. The van der Waals surface area contributed by atoms with E-state index in [0.717, 1.165) is 16.7 Å². The third kappa shape index (κ3) is 4.81. The average molecular weight is 392 g/mol. The topological polar surface area (TPSA) is 80.5 Å². The minimum Gasteiger partial charge on any atom is -0.405 e. The van der Waals surface area contributed by atoms with Crippen LogP contribution in [0.5, 0.6) is 0 Å². The highest BCUT2D eigenvalue weighted by atomic mass is 16.5. The first-order valence-corrected chi connectivity index (χ1v) is 9.75. The Bertz CT molecular complexity index is 934. The van der Waals surface area contributed by atoms with Gasteiger partial charge in [-0.15, -0.1) is 5.10 Å².